The van der Waals surface area contributed by atoms with Gasteiger partial charge in [0.05, 0.1) is 17.9 Å². The van der Waals surface area contributed by atoms with Crippen LogP contribution in [0.5, 0.6) is 0 Å². The highest BCUT2D eigenvalue weighted by Crippen LogP contribution is 2.49. The van der Waals surface area contributed by atoms with E-state index in [-0.39, 0.29) is 5.97 Å². The van der Waals surface area contributed by atoms with Crippen LogP contribution in [0.1, 0.15) is 18.4 Å². The Bertz CT molecular complexity index is 980. The van der Waals surface area contributed by atoms with E-state index in [1.807, 2.05) is 24.3 Å². The first-order valence-electron chi connectivity index (χ1n) is 7.85. The number of methoxy groups -OCH3 is 1. The number of carbonyl (C=O) groups is 1. The van der Waals surface area contributed by atoms with Crippen LogP contribution in [0.25, 0.3) is 11.0 Å². The van der Waals surface area contributed by atoms with Crippen LogP contribution in [0.4, 0.5) is 11.6 Å². The molecule has 8 heteroatoms. The Morgan fingerprint density at radius 3 is 2.92 bits per heavy atom. The van der Waals surface area contributed by atoms with Crippen molar-refractivity contribution in [2.45, 2.75) is 18.3 Å². The zero-order valence-electron chi connectivity index (χ0n) is 13.8. The first-order valence-corrected chi connectivity index (χ1v) is 8.22. The van der Waals surface area contributed by atoms with Crippen LogP contribution in [0.3, 0.4) is 0 Å². The predicted octanol–water partition coefficient (Wildman–Crippen LogP) is 2.96. The molecular formula is C17H16ClN5O2. The van der Waals surface area contributed by atoms with E-state index < -0.39 is 5.41 Å². The quantitative estimate of drug-likeness (QED) is 0.723. The molecule has 7 nitrogen and oxygen atoms in total. The molecule has 128 valence electrons. The maximum atomic E-state index is 12.1. The molecule has 0 bridgehead atoms. The van der Waals surface area contributed by atoms with Gasteiger partial charge in [0.2, 0.25) is 5.95 Å². The molecule has 25 heavy (non-hydrogen) atoms. The van der Waals surface area contributed by atoms with E-state index in [1.165, 1.54) is 7.11 Å². The van der Waals surface area contributed by atoms with Crippen molar-refractivity contribution in [1.82, 2.24) is 19.7 Å². The largest absolute Gasteiger partial charge is 0.468 e. The number of nitrogens with zero attached hydrogens (tertiary/aromatic N) is 4. The fourth-order valence-corrected chi connectivity index (χ4v) is 3.26. The summed E-state index contributed by atoms with van der Waals surface area (Å²) >= 11 is 6.04. The maximum Gasteiger partial charge on any atom is 0.316 e. The van der Waals surface area contributed by atoms with Gasteiger partial charge in [0.25, 0.3) is 0 Å². The van der Waals surface area contributed by atoms with Crippen molar-refractivity contribution in [3.05, 3.63) is 41.2 Å². The first kappa shape index (κ1) is 15.8. The van der Waals surface area contributed by atoms with Crippen molar-refractivity contribution >= 4 is 40.2 Å². The summed E-state index contributed by atoms with van der Waals surface area (Å²) < 4.78 is 6.56. The Labute approximate surface area is 149 Å². The number of halogens is 1. The van der Waals surface area contributed by atoms with Gasteiger partial charge in [-0.05, 0) is 30.5 Å². The maximum absolute atomic E-state index is 12.1. The third-order valence-electron chi connectivity index (χ3n) is 4.53. The summed E-state index contributed by atoms with van der Waals surface area (Å²) in [7, 11) is 3.20. The number of aromatic nitrogens is 4. The fourth-order valence-electron chi connectivity index (χ4n) is 3.01. The van der Waals surface area contributed by atoms with E-state index in [2.05, 4.69) is 20.4 Å². The Morgan fingerprint density at radius 1 is 1.40 bits per heavy atom. The lowest BCUT2D eigenvalue weighted by Crippen LogP contribution is -2.21. The van der Waals surface area contributed by atoms with Gasteiger partial charge in [0.15, 0.2) is 10.8 Å². The normalized spacial score (nSPS) is 15.2. The average molecular weight is 358 g/mol. The monoisotopic (exact) mass is 357 g/mol. The third kappa shape index (κ3) is 2.60. The van der Waals surface area contributed by atoms with E-state index in [1.54, 1.807) is 17.9 Å². The minimum absolute atomic E-state index is 0.188. The van der Waals surface area contributed by atoms with Crippen molar-refractivity contribution in [3.63, 3.8) is 0 Å². The minimum Gasteiger partial charge on any atom is -0.468 e. The second-order valence-electron chi connectivity index (χ2n) is 6.12. The number of aryl methyl sites for hydroxylation is 1. The standard InChI is InChI=1S/C17H16ClN5O2/c1-23-14-12(13(18)22-23)9-19-16(21-14)20-11-5-3-4-10(8-11)17(6-7-17)15(24)25-2/h3-5,8-9H,6-7H2,1-2H3,(H,19,20,21). The van der Waals surface area contributed by atoms with Gasteiger partial charge in [-0.2, -0.15) is 10.1 Å². The van der Waals surface area contributed by atoms with Gasteiger partial charge in [-0.1, -0.05) is 23.7 Å². The van der Waals surface area contributed by atoms with Gasteiger partial charge in [-0.3, -0.25) is 4.79 Å². The zero-order chi connectivity index (χ0) is 17.6. The molecular weight excluding hydrogens is 342 g/mol. The highest BCUT2D eigenvalue weighted by atomic mass is 35.5. The summed E-state index contributed by atoms with van der Waals surface area (Å²) in [5.41, 5.74) is 1.88. The van der Waals surface area contributed by atoms with Crippen LogP contribution >= 0.6 is 11.6 Å². The van der Waals surface area contributed by atoms with Crippen LogP contribution in [-0.2, 0) is 22.0 Å². The fraction of sp³-hybridized carbons (Fsp3) is 0.294. The third-order valence-corrected chi connectivity index (χ3v) is 4.81. The number of carbonyl (C=O) groups excluding carboxylic acids is 1. The number of hydrogen-bond donors (Lipinski definition) is 1. The molecule has 0 atom stereocenters. The molecule has 1 aliphatic carbocycles. The molecule has 0 spiro atoms. The van der Waals surface area contributed by atoms with Gasteiger partial charge >= 0.3 is 5.97 Å². The van der Waals surface area contributed by atoms with Gasteiger partial charge < -0.3 is 10.1 Å². The Hall–Kier alpha value is -2.67. The molecule has 4 rings (SSSR count). The molecule has 1 saturated carbocycles. The minimum atomic E-state index is -0.507. The lowest BCUT2D eigenvalue weighted by molar-refractivity contribution is -0.143. The summed E-state index contributed by atoms with van der Waals surface area (Å²) in [5.74, 6) is 0.249. The Balaban J connectivity index is 1.65. The van der Waals surface area contributed by atoms with Crippen molar-refractivity contribution in [2.24, 2.45) is 7.05 Å². The highest BCUT2D eigenvalue weighted by molar-refractivity contribution is 6.34. The van der Waals surface area contributed by atoms with Crippen molar-refractivity contribution < 1.29 is 9.53 Å². The molecule has 2 heterocycles. The number of benzene rings is 1. The van der Waals surface area contributed by atoms with Crippen molar-refractivity contribution in [1.29, 1.82) is 0 Å². The van der Waals surface area contributed by atoms with Crippen LogP contribution in [0.15, 0.2) is 30.5 Å². The van der Waals surface area contributed by atoms with Crippen LogP contribution < -0.4 is 5.32 Å². The van der Waals surface area contributed by atoms with Gasteiger partial charge in [0.1, 0.15) is 0 Å². The Morgan fingerprint density at radius 2 is 2.20 bits per heavy atom. The predicted molar refractivity (Wildman–Crippen MR) is 94.0 cm³/mol. The van der Waals surface area contributed by atoms with Gasteiger partial charge in [-0.15, -0.1) is 0 Å². The number of hydrogen-bond acceptors (Lipinski definition) is 6. The molecule has 3 aromatic rings. The summed E-state index contributed by atoms with van der Waals surface area (Å²) in [5, 5.41) is 8.37. The summed E-state index contributed by atoms with van der Waals surface area (Å²) in [6.07, 6.45) is 3.25. The summed E-state index contributed by atoms with van der Waals surface area (Å²) in [6, 6.07) is 7.69. The molecule has 0 unspecified atom stereocenters. The van der Waals surface area contributed by atoms with Crippen molar-refractivity contribution in [2.75, 3.05) is 12.4 Å². The van der Waals surface area contributed by atoms with E-state index in [4.69, 9.17) is 16.3 Å². The van der Waals surface area contributed by atoms with E-state index >= 15 is 0 Å². The SMILES string of the molecule is COC(=O)C1(c2cccc(Nc3ncc4c(Cl)nn(C)c4n3)c2)CC1. The van der Waals surface area contributed by atoms with Gasteiger partial charge in [-0.25, -0.2) is 9.67 Å². The van der Waals surface area contributed by atoms with Crippen LogP contribution in [-0.4, -0.2) is 32.8 Å². The van der Waals surface area contributed by atoms with Gasteiger partial charge in [0, 0.05) is 18.9 Å². The Kier molecular flexibility index (Phi) is 3.61. The molecule has 0 amide bonds. The molecule has 2 aromatic heterocycles. The average Bonchev–Trinajstić information content (AvgIpc) is 3.38. The molecule has 0 aliphatic heterocycles. The molecule has 1 N–H and O–H groups in total. The van der Waals surface area contributed by atoms with E-state index in [0.29, 0.717) is 22.1 Å². The lowest BCUT2D eigenvalue weighted by Gasteiger charge is -2.14. The molecule has 1 aromatic carbocycles. The van der Waals surface area contributed by atoms with Crippen molar-refractivity contribution in [3.8, 4) is 0 Å². The second kappa shape index (κ2) is 5.70. The zero-order valence-corrected chi connectivity index (χ0v) is 14.5. The molecule has 1 fully saturated rings. The number of nitrogens with one attached hydrogen (secondary N) is 1. The van der Waals surface area contributed by atoms with E-state index in [9.17, 15) is 4.79 Å². The molecule has 0 saturated heterocycles. The number of ether oxygens (including phenoxy) is 1. The highest BCUT2D eigenvalue weighted by Gasteiger charge is 2.52. The first-order chi connectivity index (χ1) is 12.0. The molecule has 1 aliphatic rings. The summed E-state index contributed by atoms with van der Waals surface area (Å²) in [6.45, 7) is 0. The smallest absolute Gasteiger partial charge is 0.316 e. The lowest BCUT2D eigenvalue weighted by atomic mass is 9.96. The van der Waals surface area contributed by atoms with Crippen LogP contribution in [0.2, 0.25) is 5.15 Å². The number of anilines is 2. The second-order valence-corrected chi connectivity index (χ2v) is 6.48. The van der Waals surface area contributed by atoms with E-state index in [0.717, 1.165) is 24.1 Å². The molecule has 0 radical (unpaired) electrons. The topological polar surface area (TPSA) is 81.9 Å². The summed E-state index contributed by atoms with van der Waals surface area (Å²) in [4.78, 5) is 20.8. The number of esters is 1. The number of rotatable bonds is 4. The number of fused-ring (bicyclic) bond motifs is 1. The van der Waals surface area contributed by atoms with Crippen LogP contribution in [0, 0.1) is 0 Å².